The zero-order chi connectivity index (χ0) is 44.5. The number of aromatic nitrogens is 3. The van der Waals surface area contributed by atoms with Crippen molar-refractivity contribution in [3.63, 3.8) is 0 Å². The average molecular weight is 847 g/mol. The fraction of sp³-hybridized carbons (Fsp3) is 0.707. The third-order valence-electron chi connectivity index (χ3n) is 10.4. The maximum atomic E-state index is 12.8. The van der Waals surface area contributed by atoms with E-state index in [4.69, 9.17) is 18.9 Å². The van der Waals surface area contributed by atoms with Crippen LogP contribution in [0.2, 0.25) is 0 Å². The van der Waals surface area contributed by atoms with Crippen LogP contribution in [-0.4, -0.2) is 119 Å². The number of hydrogen-bond acceptors (Lipinski definition) is 15. The van der Waals surface area contributed by atoms with E-state index in [2.05, 4.69) is 15.6 Å². The summed E-state index contributed by atoms with van der Waals surface area (Å²) in [6.07, 6.45) is -1.98. The summed E-state index contributed by atoms with van der Waals surface area (Å²) >= 11 is 0. The van der Waals surface area contributed by atoms with Gasteiger partial charge in [-0.05, 0) is 58.1 Å². The predicted molar refractivity (Wildman–Crippen MR) is 214 cm³/mol. The molecule has 2 aliphatic heterocycles. The molecule has 4 N–H and O–H groups in total. The summed E-state index contributed by atoms with van der Waals surface area (Å²) < 4.78 is 24.8. The van der Waals surface area contributed by atoms with Crippen LogP contribution in [0.4, 0.5) is 5.69 Å². The number of aliphatic hydroxyl groups is 3. The smallest absolute Gasteiger partial charge is 0.311 e. The summed E-state index contributed by atoms with van der Waals surface area (Å²) in [7, 11) is 0. The standard InChI is InChI=1S/C41H62N6O13/c1-24(2)28-18-35(51)46(38(28)53)15-11-9-10-12-34(50)42-40(5,6)23-57-41(7,8)22-45-20-27(43-44-45)17-32(60-39(54)25(3)4)26-13-14-31(29(16-26)47(55)56)58-36-19-30(49)37(52)33(21-48)59-36/h13-14,16,20,24-25,28,30,32-33,36-37,48-49,52H,9-12,15,17-19,21-23H2,1-8H3,(H,42,50). The minimum atomic E-state index is -1.35. The Balaban J connectivity index is 1.31. The highest BCUT2D eigenvalue weighted by atomic mass is 16.7. The van der Waals surface area contributed by atoms with E-state index >= 15 is 0 Å². The number of imide groups is 1. The molecule has 1 aromatic carbocycles. The van der Waals surface area contributed by atoms with E-state index in [9.17, 15) is 44.6 Å². The third-order valence-corrected chi connectivity index (χ3v) is 10.4. The van der Waals surface area contributed by atoms with Gasteiger partial charge in [0, 0.05) is 50.4 Å². The molecule has 4 rings (SSSR count). The highest BCUT2D eigenvalue weighted by molar-refractivity contribution is 6.03. The highest BCUT2D eigenvalue weighted by Crippen LogP contribution is 2.35. The molecule has 2 aliphatic rings. The van der Waals surface area contributed by atoms with Gasteiger partial charge in [-0.15, -0.1) is 5.10 Å². The minimum Gasteiger partial charge on any atom is -0.458 e. The van der Waals surface area contributed by atoms with Crippen molar-refractivity contribution in [3.8, 4) is 5.75 Å². The van der Waals surface area contributed by atoms with E-state index < -0.39 is 71.0 Å². The van der Waals surface area contributed by atoms with Gasteiger partial charge in [0.1, 0.15) is 18.3 Å². The van der Waals surface area contributed by atoms with E-state index in [0.29, 0.717) is 37.9 Å². The molecule has 2 fully saturated rings. The van der Waals surface area contributed by atoms with Crippen LogP contribution in [0.3, 0.4) is 0 Å². The summed E-state index contributed by atoms with van der Waals surface area (Å²) in [5.74, 6) is -1.71. The number of nitro benzene ring substituents is 1. The molecule has 60 heavy (non-hydrogen) atoms. The van der Waals surface area contributed by atoms with Crippen molar-refractivity contribution in [1.82, 2.24) is 25.2 Å². The summed E-state index contributed by atoms with van der Waals surface area (Å²) in [4.78, 5) is 63.3. The molecule has 2 saturated heterocycles. The SMILES string of the molecule is CC(C)C(=O)OC(Cc1cn(CC(C)(C)OCC(C)(C)NC(=O)CCCCCN2C(=O)CC(C(C)C)C2=O)nn1)c1ccc(OC2CC(O)C(O)C(CO)O2)c([N+](=O)[O-])c1. The molecule has 6 unspecified atom stereocenters. The van der Waals surface area contributed by atoms with Gasteiger partial charge in [0.15, 0.2) is 5.75 Å². The number of likely N-dealkylation sites (tertiary alicyclic amines) is 1. The van der Waals surface area contributed by atoms with E-state index in [1.54, 1.807) is 24.7 Å². The predicted octanol–water partition coefficient (Wildman–Crippen LogP) is 3.16. The van der Waals surface area contributed by atoms with Crippen LogP contribution in [-0.2, 0) is 46.4 Å². The maximum Gasteiger partial charge on any atom is 0.311 e. The average Bonchev–Trinajstić information content (AvgIpc) is 3.72. The molecular formula is C41H62N6O13. The third kappa shape index (κ3) is 13.5. The van der Waals surface area contributed by atoms with E-state index in [1.807, 2.05) is 41.5 Å². The number of unbranched alkanes of at least 4 members (excludes halogenated alkanes) is 2. The Bertz CT molecular complexity index is 1810. The van der Waals surface area contributed by atoms with Crippen molar-refractivity contribution in [2.45, 2.75) is 149 Å². The van der Waals surface area contributed by atoms with Crippen molar-refractivity contribution >= 4 is 29.4 Å². The van der Waals surface area contributed by atoms with Crippen LogP contribution in [0, 0.1) is 27.9 Å². The van der Waals surface area contributed by atoms with Gasteiger partial charge in [0.25, 0.3) is 0 Å². The molecular weight excluding hydrogens is 784 g/mol. The van der Waals surface area contributed by atoms with Gasteiger partial charge in [0.2, 0.25) is 24.0 Å². The molecule has 0 saturated carbocycles. The van der Waals surface area contributed by atoms with Crippen LogP contribution in [0.5, 0.6) is 5.75 Å². The number of nitrogens with one attached hydrogen (secondary N) is 1. The van der Waals surface area contributed by atoms with Crippen molar-refractivity contribution < 1.29 is 58.4 Å². The molecule has 0 spiro atoms. The lowest BCUT2D eigenvalue weighted by Crippen LogP contribution is -2.51. The number of esters is 1. The van der Waals surface area contributed by atoms with Gasteiger partial charge in [-0.3, -0.25) is 34.2 Å². The zero-order valence-electron chi connectivity index (χ0n) is 35.9. The van der Waals surface area contributed by atoms with Gasteiger partial charge < -0.3 is 39.6 Å². The minimum absolute atomic E-state index is 0.0251. The topological polar surface area (TPSA) is 255 Å². The number of carbonyl (C=O) groups is 4. The number of hydrogen-bond donors (Lipinski definition) is 4. The van der Waals surface area contributed by atoms with E-state index in [0.717, 1.165) is 0 Å². The molecule has 6 atom stereocenters. The van der Waals surface area contributed by atoms with Crippen LogP contribution in [0.25, 0.3) is 0 Å². The zero-order valence-corrected chi connectivity index (χ0v) is 35.9. The number of nitrogens with zero attached hydrogens (tertiary/aromatic N) is 5. The molecule has 334 valence electrons. The Hall–Kier alpha value is -4.56. The quantitative estimate of drug-likeness (QED) is 0.0437. The van der Waals surface area contributed by atoms with Crippen molar-refractivity contribution in [1.29, 1.82) is 0 Å². The number of carbonyl (C=O) groups excluding carboxylic acids is 4. The molecule has 0 radical (unpaired) electrons. The summed E-state index contributed by atoms with van der Waals surface area (Å²) in [6.45, 7) is 14.9. The van der Waals surface area contributed by atoms with Gasteiger partial charge in [-0.2, -0.15) is 0 Å². The number of amides is 3. The Kier molecular flexibility index (Phi) is 16.7. The first kappa shape index (κ1) is 48.1. The number of rotatable bonds is 22. The Morgan fingerprint density at radius 2 is 1.82 bits per heavy atom. The van der Waals surface area contributed by atoms with Gasteiger partial charge in [-0.25, -0.2) is 4.68 Å². The summed E-state index contributed by atoms with van der Waals surface area (Å²) in [5, 5.41) is 53.4. The molecule has 19 nitrogen and oxygen atoms in total. The van der Waals surface area contributed by atoms with Gasteiger partial charge in [0.05, 0.1) is 53.5 Å². The molecule has 0 aliphatic carbocycles. The molecule has 1 aromatic heterocycles. The summed E-state index contributed by atoms with van der Waals surface area (Å²) in [5.41, 5.74) is -1.21. The second kappa shape index (κ2) is 20.8. The number of aliphatic hydroxyl groups excluding tert-OH is 3. The molecule has 19 heteroatoms. The number of ether oxygens (including phenoxy) is 4. The fourth-order valence-corrected chi connectivity index (χ4v) is 6.95. The Labute approximate surface area is 350 Å². The molecule has 0 bridgehead atoms. The Morgan fingerprint density at radius 1 is 1.10 bits per heavy atom. The second-order valence-electron chi connectivity index (χ2n) is 17.6. The largest absolute Gasteiger partial charge is 0.458 e. The lowest BCUT2D eigenvalue weighted by Gasteiger charge is -2.36. The number of nitro groups is 1. The molecule has 2 aromatic rings. The van der Waals surface area contributed by atoms with Crippen molar-refractivity contribution in [3.05, 3.63) is 45.8 Å². The fourth-order valence-electron chi connectivity index (χ4n) is 6.95. The van der Waals surface area contributed by atoms with E-state index in [1.165, 1.54) is 23.1 Å². The van der Waals surface area contributed by atoms with Crippen LogP contribution in [0.15, 0.2) is 24.4 Å². The van der Waals surface area contributed by atoms with Crippen LogP contribution in [0.1, 0.15) is 111 Å². The van der Waals surface area contributed by atoms with Crippen LogP contribution < -0.4 is 10.1 Å². The lowest BCUT2D eigenvalue weighted by atomic mass is 9.94. The molecule has 3 amide bonds. The highest BCUT2D eigenvalue weighted by Gasteiger charge is 2.40. The Morgan fingerprint density at radius 3 is 2.45 bits per heavy atom. The first-order valence-corrected chi connectivity index (χ1v) is 20.6. The summed E-state index contributed by atoms with van der Waals surface area (Å²) in [6, 6.07) is 4.05. The van der Waals surface area contributed by atoms with Gasteiger partial charge >= 0.3 is 11.7 Å². The van der Waals surface area contributed by atoms with E-state index in [-0.39, 0.29) is 73.3 Å². The van der Waals surface area contributed by atoms with Crippen molar-refractivity contribution in [2.24, 2.45) is 17.8 Å². The maximum absolute atomic E-state index is 12.8. The van der Waals surface area contributed by atoms with Gasteiger partial charge in [-0.1, -0.05) is 45.4 Å². The molecule has 3 heterocycles. The first-order valence-electron chi connectivity index (χ1n) is 20.6. The first-order chi connectivity index (χ1) is 28.1. The normalized spacial score (nSPS) is 21.8. The second-order valence-corrected chi connectivity index (χ2v) is 17.6. The number of benzene rings is 1. The monoisotopic (exact) mass is 846 g/mol. The van der Waals surface area contributed by atoms with Crippen molar-refractivity contribution in [2.75, 3.05) is 19.8 Å². The lowest BCUT2D eigenvalue weighted by molar-refractivity contribution is -0.386. The van der Waals surface area contributed by atoms with Crippen LogP contribution >= 0.6 is 0 Å².